The third-order valence-corrected chi connectivity index (χ3v) is 3.52. The van der Waals surface area contributed by atoms with Crippen LogP contribution < -0.4 is 5.32 Å². The third kappa shape index (κ3) is 4.76. The molecule has 1 N–H and O–H groups in total. The normalized spacial score (nSPS) is 13.4. The molecule has 0 aromatic carbocycles. The number of nitrogens with one attached hydrogen (secondary N) is 1. The van der Waals surface area contributed by atoms with Crippen molar-refractivity contribution in [2.75, 3.05) is 0 Å². The first kappa shape index (κ1) is 12.7. The van der Waals surface area contributed by atoms with Crippen molar-refractivity contribution in [1.82, 2.24) is 10.3 Å². The molecule has 0 saturated heterocycles. The van der Waals surface area contributed by atoms with Gasteiger partial charge in [-0.1, -0.05) is 20.8 Å². The van der Waals surface area contributed by atoms with Gasteiger partial charge in [0.1, 0.15) is 5.01 Å². The molecule has 3 heteroatoms. The molecular weight excluding hydrogens is 204 g/mol. The Bertz CT molecular complexity index is 281. The van der Waals surface area contributed by atoms with Crippen molar-refractivity contribution in [2.24, 2.45) is 5.92 Å². The van der Waals surface area contributed by atoms with Crippen molar-refractivity contribution in [3.63, 3.8) is 0 Å². The monoisotopic (exact) mass is 226 g/mol. The summed E-state index contributed by atoms with van der Waals surface area (Å²) in [5.41, 5.74) is 0. The molecule has 1 aromatic rings. The van der Waals surface area contributed by atoms with E-state index in [0.29, 0.717) is 6.04 Å². The van der Waals surface area contributed by atoms with Gasteiger partial charge in [0.15, 0.2) is 0 Å². The molecule has 0 saturated carbocycles. The fourth-order valence-electron chi connectivity index (χ4n) is 1.65. The minimum atomic E-state index is 0.582. The average Bonchev–Trinajstić information content (AvgIpc) is 2.61. The lowest BCUT2D eigenvalue weighted by molar-refractivity contribution is 0.441. The van der Waals surface area contributed by atoms with Crippen molar-refractivity contribution in [3.05, 3.63) is 16.1 Å². The lowest BCUT2D eigenvalue weighted by atomic mass is 10.1. The number of nitrogens with zero attached hydrogens (tertiary/aromatic N) is 1. The highest BCUT2D eigenvalue weighted by Crippen LogP contribution is 2.13. The van der Waals surface area contributed by atoms with Crippen LogP contribution in [0.4, 0.5) is 0 Å². The Labute approximate surface area is 97.1 Å². The summed E-state index contributed by atoms with van der Waals surface area (Å²) in [5.74, 6) is 0.759. The van der Waals surface area contributed by atoms with E-state index < -0.39 is 0 Å². The first-order chi connectivity index (χ1) is 7.11. The van der Waals surface area contributed by atoms with Crippen molar-refractivity contribution in [1.29, 1.82) is 0 Å². The average molecular weight is 226 g/mol. The summed E-state index contributed by atoms with van der Waals surface area (Å²) in [5, 5.41) is 4.73. The second-order valence-electron chi connectivity index (χ2n) is 4.49. The van der Waals surface area contributed by atoms with Gasteiger partial charge in [-0.2, -0.15) is 0 Å². The van der Waals surface area contributed by atoms with Crippen LogP contribution in [0.25, 0.3) is 0 Å². The lowest BCUT2D eigenvalue weighted by Gasteiger charge is -2.14. The van der Waals surface area contributed by atoms with Gasteiger partial charge in [-0.15, -0.1) is 11.3 Å². The number of aryl methyl sites for hydroxylation is 1. The quantitative estimate of drug-likeness (QED) is 0.805. The molecule has 0 aliphatic rings. The number of hydrogen-bond acceptors (Lipinski definition) is 3. The number of thiazole rings is 1. The summed E-state index contributed by atoms with van der Waals surface area (Å²) >= 11 is 1.82. The highest BCUT2D eigenvalue weighted by atomic mass is 32.1. The van der Waals surface area contributed by atoms with Gasteiger partial charge in [-0.25, -0.2) is 4.98 Å². The standard InChI is InChI=1S/C12H22N2S/c1-5-11-7-14-12(15-11)8-13-10(4)6-9(2)3/h7,9-10,13H,5-6,8H2,1-4H3. The van der Waals surface area contributed by atoms with E-state index in [2.05, 4.69) is 38.0 Å². The van der Waals surface area contributed by atoms with Crippen LogP contribution in [-0.4, -0.2) is 11.0 Å². The van der Waals surface area contributed by atoms with Crippen LogP contribution >= 0.6 is 11.3 Å². The number of hydrogen-bond donors (Lipinski definition) is 1. The van der Waals surface area contributed by atoms with E-state index in [0.717, 1.165) is 18.9 Å². The van der Waals surface area contributed by atoms with E-state index in [4.69, 9.17) is 0 Å². The number of rotatable bonds is 6. The zero-order chi connectivity index (χ0) is 11.3. The molecule has 0 amide bonds. The van der Waals surface area contributed by atoms with Gasteiger partial charge in [0.05, 0.1) is 0 Å². The minimum Gasteiger partial charge on any atom is -0.308 e. The van der Waals surface area contributed by atoms with Gasteiger partial charge in [0, 0.05) is 23.7 Å². The fourth-order valence-corrected chi connectivity index (χ4v) is 2.46. The van der Waals surface area contributed by atoms with Crippen molar-refractivity contribution in [3.8, 4) is 0 Å². The second kappa shape index (κ2) is 6.23. The zero-order valence-electron chi connectivity index (χ0n) is 10.2. The highest BCUT2D eigenvalue weighted by Gasteiger charge is 2.06. The van der Waals surface area contributed by atoms with Crippen molar-refractivity contribution >= 4 is 11.3 Å². The van der Waals surface area contributed by atoms with Gasteiger partial charge in [0.2, 0.25) is 0 Å². The Kier molecular flexibility index (Phi) is 5.26. The predicted octanol–water partition coefficient (Wildman–Crippen LogP) is 3.23. The maximum atomic E-state index is 4.39. The van der Waals surface area contributed by atoms with E-state index in [1.165, 1.54) is 16.3 Å². The molecule has 0 fully saturated rings. The summed E-state index contributed by atoms with van der Waals surface area (Å²) in [6.07, 6.45) is 4.32. The Morgan fingerprint density at radius 3 is 2.67 bits per heavy atom. The van der Waals surface area contributed by atoms with Gasteiger partial charge in [0.25, 0.3) is 0 Å². The Morgan fingerprint density at radius 1 is 1.40 bits per heavy atom. The summed E-state index contributed by atoms with van der Waals surface area (Å²) in [6, 6.07) is 0.582. The van der Waals surface area contributed by atoms with Gasteiger partial charge in [-0.3, -0.25) is 0 Å². The molecule has 0 aliphatic carbocycles. The van der Waals surface area contributed by atoms with Gasteiger partial charge < -0.3 is 5.32 Å². The summed E-state index contributed by atoms with van der Waals surface area (Å²) in [7, 11) is 0. The molecule has 0 radical (unpaired) electrons. The van der Waals surface area contributed by atoms with Gasteiger partial charge >= 0.3 is 0 Å². The summed E-state index contributed by atoms with van der Waals surface area (Å²) < 4.78 is 0. The van der Waals surface area contributed by atoms with E-state index in [9.17, 15) is 0 Å². The molecule has 15 heavy (non-hydrogen) atoms. The van der Waals surface area contributed by atoms with Crippen LogP contribution in [-0.2, 0) is 13.0 Å². The molecular formula is C12H22N2S. The first-order valence-electron chi connectivity index (χ1n) is 5.78. The summed E-state index contributed by atoms with van der Waals surface area (Å²) in [4.78, 5) is 5.77. The molecule has 1 aromatic heterocycles. The van der Waals surface area contributed by atoms with Crippen molar-refractivity contribution in [2.45, 2.75) is 53.1 Å². The maximum Gasteiger partial charge on any atom is 0.107 e. The van der Waals surface area contributed by atoms with Crippen LogP contribution in [0, 0.1) is 5.92 Å². The van der Waals surface area contributed by atoms with E-state index >= 15 is 0 Å². The molecule has 1 rings (SSSR count). The van der Waals surface area contributed by atoms with Crippen LogP contribution in [0.3, 0.4) is 0 Å². The molecule has 2 nitrogen and oxygen atoms in total. The smallest absolute Gasteiger partial charge is 0.107 e. The van der Waals surface area contributed by atoms with E-state index in [1.54, 1.807) is 0 Å². The van der Waals surface area contributed by atoms with Crippen LogP contribution in [0.1, 0.15) is 44.0 Å². The minimum absolute atomic E-state index is 0.582. The van der Waals surface area contributed by atoms with Crippen molar-refractivity contribution < 1.29 is 0 Å². The predicted molar refractivity (Wildman–Crippen MR) is 67.2 cm³/mol. The summed E-state index contributed by atoms with van der Waals surface area (Å²) in [6.45, 7) is 9.85. The Hall–Kier alpha value is -0.410. The van der Waals surface area contributed by atoms with E-state index in [1.807, 2.05) is 17.5 Å². The second-order valence-corrected chi connectivity index (χ2v) is 5.69. The molecule has 1 unspecified atom stereocenters. The number of aromatic nitrogens is 1. The molecule has 0 spiro atoms. The van der Waals surface area contributed by atoms with Crippen LogP contribution in [0.2, 0.25) is 0 Å². The fraction of sp³-hybridized carbons (Fsp3) is 0.750. The van der Waals surface area contributed by atoms with Crippen LogP contribution in [0.5, 0.6) is 0 Å². The highest BCUT2D eigenvalue weighted by molar-refractivity contribution is 7.11. The Morgan fingerprint density at radius 2 is 2.13 bits per heavy atom. The molecule has 86 valence electrons. The molecule has 0 aliphatic heterocycles. The zero-order valence-corrected chi connectivity index (χ0v) is 11.0. The Balaban J connectivity index is 2.30. The molecule has 1 atom stereocenters. The first-order valence-corrected chi connectivity index (χ1v) is 6.60. The third-order valence-electron chi connectivity index (χ3n) is 2.38. The van der Waals surface area contributed by atoms with E-state index in [-0.39, 0.29) is 0 Å². The largest absolute Gasteiger partial charge is 0.308 e. The SMILES string of the molecule is CCc1cnc(CNC(C)CC(C)C)s1. The lowest BCUT2D eigenvalue weighted by Crippen LogP contribution is -2.26. The molecule has 1 heterocycles. The molecule has 0 bridgehead atoms. The topological polar surface area (TPSA) is 24.9 Å². The maximum absolute atomic E-state index is 4.39. The van der Waals surface area contributed by atoms with Gasteiger partial charge in [-0.05, 0) is 25.7 Å². The van der Waals surface area contributed by atoms with Crippen LogP contribution in [0.15, 0.2) is 6.20 Å².